The smallest absolute Gasteiger partial charge is 0.161 e. The normalized spacial score (nSPS) is 13.9. The lowest BCUT2D eigenvalue weighted by Gasteiger charge is -2.29. The number of aromatic nitrogens is 8. The number of hydrogen-bond donors (Lipinski definition) is 3. The van der Waals surface area contributed by atoms with Crippen LogP contribution in [0.5, 0.6) is 0 Å². The highest BCUT2D eigenvalue weighted by molar-refractivity contribution is 5.96. The molecule has 1 fully saturated rings. The van der Waals surface area contributed by atoms with Crippen LogP contribution in [0.25, 0.3) is 50.5 Å². The Labute approximate surface area is 341 Å². The molecule has 13 heteroatoms. The van der Waals surface area contributed by atoms with Crippen molar-refractivity contribution in [2.75, 3.05) is 30.8 Å². The summed E-state index contributed by atoms with van der Waals surface area (Å²) in [7, 11) is 2.14. The van der Waals surface area contributed by atoms with Crippen molar-refractivity contribution in [3.05, 3.63) is 126 Å². The van der Waals surface area contributed by atoms with Crippen molar-refractivity contribution in [2.45, 2.75) is 58.3 Å². The molecule has 11 nitrogen and oxygen atoms in total. The first kappa shape index (κ1) is 37.9. The van der Waals surface area contributed by atoms with E-state index in [-0.39, 0.29) is 23.6 Å². The Morgan fingerprint density at radius 2 is 1.36 bits per heavy atom. The maximum atomic E-state index is 16.3. The molecule has 59 heavy (non-hydrogen) atoms. The lowest BCUT2D eigenvalue weighted by Crippen LogP contribution is -2.29. The minimum absolute atomic E-state index is 0.110. The van der Waals surface area contributed by atoms with Gasteiger partial charge in [-0.2, -0.15) is 0 Å². The van der Waals surface area contributed by atoms with E-state index in [2.05, 4.69) is 71.4 Å². The number of nitrogens with zero attached hydrogens (tertiary/aromatic N) is 8. The van der Waals surface area contributed by atoms with Crippen LogP contribution in [0.3, 0.4) is 0 Å². The van der Waals surface area contributed by atoms with Crippen molar-refractivity contribution >= 4 is 45.1 Å². The van der Waals surface area contributed by atoms with Gasteiger partial charge < -0.3 is 20.5 Å². The van der Waals surface area contributed by atoms with Crippen LogP contribution in [-0.2, 0) is 0 Å². The van der Waals surface area contributed by atoms with Gasteiger partial charge in [0.05, 0.1) is 17.1 Å². The summed E-state index contributed by atoms with van der Waals surface area (Å²) in [6, 6.07) is 17.0. The van der Waals surface area contributed by atoms with Crippen molar-refractivity contribution in [1.82, 2.24) is 44.4 Å². The van der Waals surface area contributed by atoms with Crippen LogP contribution in [-0.4, -0.2) is 64.5 Å². The van der Waals surface area contributed by atoms with Gasteiger partial charge in [-0.05, 0) is 117 Å². The molecule has 0 bridgehead atoms. The van der Waals surface area contributed by atoms with Crippen LogP contribution in [0.4, 0.5) is 31.8 Å². The predicted molar refractivity (Wildman–Crippen MR) is 230 cm³/mol. The first-order chi connectivity index (χ1) is 28.6. The zero-order valence-electron chi connectivity index (χ0n) is 33.6. The summed E-state index contributed by atoms with van der Waals surface area (Å²) in [5.74, 6) is 2.01. The minimum atomic E-state index is -0.397. The fraction of sp³-hybridized carbons (Fsp3) is 0.261. The highest BCUT2D eigenvalue weighted by Crippen LogP contribution is 2.41. The molecule has 2 aromatic carbocycles. The van der Waals surface area contributed by atoms with Crippen LogP contribution in [0.15, 0.2) is 97.8 Å². The molecule has 1 aliphatic heterocycles. The molecule has 0 amide bonds. The molecule has 9 rings (SSSR count). The molecule has 1 aliphatic rings. The first-order valence-electron chi connectivity index (χ1n) is 20.1. The van der Waals surface area contributed by atoms with Gasteiger partial charge in [-0.15, -0.1) is 0 Å². The fourth-order valence-corrected chi connectivity index (χ4v) is 7.97. The van der Waals surface area contributed by atoms with Gasteiger partial charge in [0.1, 0.15) is 34.6 Å². The summed E-state index contributed by atoms with van der Waals surface area (Å²) in [5, 5.41) is 9.04. The van der Waals surface area contributed by atoms with Crippen LogP contribution < -0.4 is 10.6 Å². The van der Waals surface area contributed by atoms with Crippen molar-refractivity contribution in [3.8, 4) is 28.5 Å². The third-order valence-corrected chi connectivity index (χ3v) is 11.3. The van der Waals surface area contributed by atoms with Crippen LogP contribution in [0, 0.1) is 11.6 Å². The Kier molecular flexibility index (Phi) is 10.1. The summed E-state index contributed by atoms with van der Waals surface area (Å²) >= 11 is 0. The van der Waals surface area contributed by atoms with Gasteiger partial charge in [0, 0.05) is 70.2 Å². The summed E-state index contributed by atoms with van der Waals surface area (Å²) in [6.07, 6.45) is 13.0. The van der Waals surface area contributed by atoms with E-state index in [9.17, 15) is 4.39 Å². The number of piperidine rings is 1. The second-order valence-electron chi connectivity index (χ2n) is 15.9. The molecule has 0 saturated carbocycles. The Bertz CT molecular complexity index is 2800. The first-order valence-corrected chi connectivity index (χ1v) is 20.1. The average Bonchev–Trinajstić information content (AvgIpc) is 3.88. The van der Waals surface area contributed by atoms with Crippen LogP contribution in [0.1, 0.15) is 75.0 Å². The number of halogens is 2. The van der Waals surface area contributed by atoms with E-state index in [0.717, 1.165) is 70.4 Å². The molecule has 3 N–H and O–H groups in total. The van der Waals surface area contributed by atoms with E-state index in [1.165, 1.54) is 18.2 Å². The van der Waals surface area contributed by atoms with E-state index in [4.69, 9.17) is 19.9 Å². The Morgan fingerprint density at radius 1 is 0.729 bits per heavy atom. The van der Waals surface area contributed by atoms with Crippen molar-refractivity contribution < 1.29 is 8.78 Å². The largest absolute Gasteiger partial charge is 0.346 e. The monoisotopic (exact) mass is 789 g/mol. The molecule has 0 radical (unpaired) electrons. The Hall–Kier alpha value is -6.60. The fourth-order valence-electron chi connectivity index (χ4n) is 7.97. The molecule has 1 saturated heterocycles. The number of aromatic amines is 1. The SMILES string of the molecule is CC(C)c1cnc(-c2ccc(F)c(-n3cc(C4CCN(C)CC4)c4c(Nc5nc(-c6ccc(F)cc6)ncc5C(C)C)ccnc43)c2)nc1Nc1ccnc2[nH]ccc12. The zero-order valence-corrected chi connectivity index (χ0v) is 33.6. The van der Waals surface area contributed by atoms with Gasteiger partial charge in [0.25, 0.3) is 0 Å². The van der Waals surface area contributed by atoms with E-state index in [0.29, 0.717) is 45.7 Å². The minimum Gasteiger partial charge on any atom is -0.346 e. The van der Waals surface area contributed by atoms with Gasteiger partial charge in [-0.1, -0.05) is 27.7 Å². The number of rotatable bonds is 10. The number of fused-ring (bicyclic) bond motifs is 2. The van der Waals surface area contributed by atoms with Crippen molar-refractivity contribution in [1.29, 1.82) is 0 Å². The second kappa shape index (κ2) is 15.6. The number of pyridine rings is 2. The Morgan fingerprint density at radius 3 is 2.05 bits per heavy atom. The molecule has 0 spiro atoms. The number of anilines is 4. The van der Waals surface area contributed by atoms with Crippen LogP contribution >= 0.6 is 0 Å². The zero-order chi connectivity index (χ0) is 40.8. The van der Waals surface area contributed by atoms with E-state index >= 15 is 4.39 Å². The molecule has 6 aromatic heterocycles. The molecule has 7 heterocycles. The number of H-pyrrole nitrogens is 1. The maximum Gasteiger partial charge on any atom is 0.161 e. The second-order valence-corrected chi connectivity index (χ2v) is 15.9. The highest BCUT2D eigenvalue weighted by Gasteiger charge is 2.27. The lowest BCUT2D eigenvalue weighted by molar-refractivity contribution is 0.256. The third kappa shape index (κ3) is 7.38. The molecular formula is C46H45F2N11. The lowest BCUT2D eigenvalue weighted by atomic mass is 9.89. The molecule has 0 aliphatic carbocycles. The summed E-state index contributed by atoms with van der Waals surface area (Å²) in [5.41, 5.74) is 7.75. The van der Waals surface area contributed by atoms with Gasteiger partial charge in [-0.25, -0.2) is 38.7 Å². The summed E-state index contributed by atoms with van der Waals surface area (Å²) in [6.45, 7) is 10.3. The molecule has 298 valence electrons. The number of likely N-dealkylation sites (tertiary alicyclic amines) is 1. The molecular weight excluding hydrogens is 745 g/mol. The molecule has 0 unspecified atom stereocenters. The average molecular weight is 790 g/mol. The molecule has 0 atom stereocenters. The van der Waals surface area contributed by atoms with Crippen LogP contribution in [0.2, 0.25) is 0 Å². The Balaban J connectivity index is 1.15. The van der Waals surface area contributed by atoms with Gasteiger partial charge in [-0.3, -0.25) is 4.57 Å². The standard InChI is InChI=1S/C46H45F2N11/c1-26(2)33-24-53-42(57-44(33)54-37-13-18-50-43-32(37)12-17-49-43)30-8-11-36(48)39(22-30)59-25-35(28-15-20-58(5)21-16-28)40-38(14-19-51-46(40)59)55-45-34(27(3)4)23-52-41(56-45)29-6-9-31(47)10-7-29/h6-14,17-19,22-28H,15-16,20-21H2,1-5H3,(H,51,52,55,56)(H2,49,50,53,54,57). The number of benzene rings is 2. The highest BCUT2D eigenvalue weighted by atomic mass is 19.1. The summed E-state index contributed by atoms with van der Waals surface area (Å²) in [4.78, 5) is 34.3. The van der Waals surface area contributed by atoms with Gasteiger partial charge in [0.2, 0.25) is 0 Å². The topological polar surface area (TPSA) is 125 Å². The van der Waals surface area contributed by atoms with E-state index < -0.39 is 5.82 Å². The van der Waals surface area contributed by atoms with Crippen molar-refractivity contribution in [3.63, 3.8) is 0 Å². The maximum absolute atomic E-state index is 16.3. The molecule has 8 aromatic rings. The van der Waals surface area contributed by atoms with Gasteiger partial charge >= 0.3 is 0 Å². The third-order valence-electron chi connectivity index (χ3n) is 11.3. The van der Waals surface area contributed by atoms with E-state index in [1.807, 2.05) is 41.4 Å². The van der Waals surface area contributed by atoms with Crippen molar-refractivity contribution in [2.24, 2.45) is 0 Å². The quantitative estimate of drug-likeness (QED) is 0.124. The summed E-state index contributed by atoms with van der Waals surface area (Å²) < 4.78 is 32.0. The number of nitrogens with one attached hydrogen (secondary N) is 3. The van der Waals surface area contributed by atoms with E-state index in [1.54, 1.807) is 36.7 Å². The number of hydrogen-bond acceptors (Lipinski definition) is 9. The predicted octanol–water partition coefficient (Wildman–Crippen LogP) is 10.6. The van der Waals surface area contributed by atoms with Gasteiger partial charge in [0.15, 0.2) is 11.6 Å².